The summed E-state index contributed by atoms with van der Waals surface area (Å²) in [7, 11) is 0. The number of carboxylic acids is 1. The molecule has 0 saturated carbocycles. The summed E-state index contributed by atoms with van der Waals surface area (Å²) in [5.41, 5.74) is -0.144. The van der Waals surface area contributed by atoms with E-state index in [-0.39, 0.29) is 32.4 Å². The minimum Gasteiger partial charge on any atom is -0.480 e. The zero-order valence-electron chi connectivity index (χ0n) is 30.5. The molecule has 13 nitrogen and oxygen atoms in total. The molecule has 51 heavy (non-hydrogen) atoms. The minimum absolute atomic E-state index is 0.0970. The molecule has 3 rings (SSSR count). The molecular formula is C38H52N4O9. The summed E-state index contributed by atoms with van der Waals surface area (Å²) < 4.78 is 10.7. The van der Waals surface area contributed by atoms with Crippen LogP contribution in [0.15, 0.2) is 54.6 Å². The Morgan fingerprint density at radius 2 is 1.59 bits per heavy atom. The first-order chi connectivity index (χ1) is 24.0. The van der Waals surface area contributed by atoms with Crippen LogP contribution in [-0.2, 0) is 35.1 Å². The van der Waals surface area contributed by atoms with E-state index in [9.17, 15) is 33.9 Å². The van der Waals surface area contributed by atoms with Gasteiger partial charge in [-0.1, -0.05) is 55.0 Å². The molecule has 2 aromatic carbocycles. The topological polar surface area (TPSA) is 180 Å². The van der Waals surface area contributed by atoms with Crippen LogP contribution in [0.25, 0.3) is 0 Å². The van der Waals surface area contributed by atoms with Crippen molar-refractivity contribution < 1.29 is 43.3 Å². The van der Waals surface area contributed by atoms with Gasteiger partial charge in [0.2, 0.25) is 17.7 Å². The second-order valence-electron chi connectivity index (χ2n) is 14.1. The Hall–Kier alpha value is -4.94. The summed E-state index contributed by atoms with van der Waals surface area (Å²) in [6.45, 7) is 10.6. The van der Waals surface area contributed by atoms with E-state index in [0.717, 1.165) is 11.1 Å². The van der Waals surface area contributed by atoms with Gasteiger partial charge in [0.15, 0.2) is 0 Å². The van der Waals surface area contributed by atoms with Crippen LogP contribution in [0.4, 0.5) is 4.79 Å². The molecule has 1 aliphatic heterocycles. The molecule has 1 saturated heterocycles. The number of hydrogen-bond donors (Lipinski definition) is 4. The van der Waals surface area contributed by atoms with Crippen LogP contribution in [0.2, 0.25) is 0 Å². The van der Waals surface area contributed by atoms with Crippen molar-refractivity contribution >= 4 is 35.8 Å². The van der Waals surface area contributed by atoms with Crippen LogP contribution in [0.1, 0.15) is 94.6 Å². The smallest absolute Gasteiger partial charge is 0.408 e. The van der Waals surface area contributed by atoms with Crippen molar-refractivity contribution in [2.75, 3.05) is 13.2 Å². The zero-order chi connectivity index (χ0) is 37.8. The van der Waals surface area contributed by atoms with Crippen molar-refractivity contribution in [3.63, 3.8) is 0 Å². The average Bonchev–Trinajstić information content (AvgIpc) is 3.58. The van der Waals surface area contributed by atoms with Crippen molar-refractivity contribution in [1.29, 1.82) is 0 Å². The highest BCUT2D eigenvalue weighted by Crippen LogP contribution is 2.21. The summed E-state index contributed by atoms with van der Waals surface area (Å²) in [6, 6.07) is 12.8. The van der Waals surface area contributed by atoms with Gasteiger partial charge in [0, 0.05) is 13.0 Å². The maximum atomic E-state index is 14.0. The van der Waals surface area contributed by atoms with Crippen LogP contribution in [-0.4, -0.2) is 88.2 Å². The van der Waals surface area contributed by atoms with Gasteiger partial charge < -0.3 is 35.4 Å². The molecule has 0 spiro atoms. The fourth-order valence-corrected chi connectivity index (χ4v) is 5.62. The molecule has 2 aromatic rings. The molecule has 4 amide bonds. The van der Waals surface area contributed by atoms with E-state index < -0.39 is 65.0 Å². The van der Waals surface area contributed by atoms with Crippen LogP contribution in [0.3, 0.4) is 0 Å². The molecule has 1 fully saturated rings. The number of rotatable bonds is 16. The number of carbonyl (C=O) groups is 6. The number of unbranched alkanes of at least 4 members (excludes halogenated alkanes) is 1. The molecule has 0 radical (unpaired) electrons. The van der Waals surface area contributed by atoms with Gasteiger partial charge in [-0.2, -0.15) is 0 Å². The number of likely N-dealkylation sites (tertiary alicyclic amines) is 1. The summed E-state index contributed by atoms with van der Waals surface area (Å²) in [5, 5.41) is 17.9. The number of nitrogens with one attached hydrogen (secondary N) is 3. The first kappa shape index (κ1) is 40.5. The van der Waals surface area contributed by atoms with E-state index in [1.54, 1.807) is 58.0 Å². The summed E-state index contributed by atoms with van der Waals surface area (Å²) in [6.07, 6.45) is 1.21. The van der Waals surface area contributed by atoms with E-state index in [1.165, 1.54) is 11.8 Å². The summed E-state index contributed by atoms with van der Waals surface area (Å²) in [4.78, 5) is 79.8. The largest absolute Gasteiger partial charge is 0.480 e. The number of aryl methyl sites for hydroxylation is 1. The van der Waals surface area contributed by atoms with Gasteiger partial charge in [0.25, 0.3) is 0 Å². The van der Waals surface area contributed by atoms with E-state index in [4.69, 9.17) is 9.47 Å². The first-order valence-electron chi connectivity index (χ1n) is 17.5. The monoisotopic (exact) mass is 708 g/mol. The molecule has 0 unspecified atom stereocenters. The number of amides is 4. The highest BCUT2D eigenvalue weighted by atomic mass is 16.6. The lowest BCUT2D eigenvalue weighted by atomic mass is 9.94. The quantitative estimate of drug-likeness (QED) is 0.146. The summed E-state index contributed by atoms with van der Waals surface area (Å²) in [5.74, 6) is -3.38. The third kappa shape index (κ3) is 12.4. The third-order valence-electron chi connectivity index (χ3n) is 8.73. The van der Waals surface area contributed by atoms with Crippen molar-refractivity contribution in [3.05, 3.63) is 71.3 Å². The van der Waals surface area contributed by atoms with Crippen LogP contribution < -0.4 is 16.0 Å². The molecule has 1 aliphatic rings. The number of nitrogens with zero attached hydrogens (tertiary/aromatic N) is 1. The number of alkyl carbamates (subject to hydrolysis) is 1. The molecule has 4 atom stereocenters. The Bertz CT molecular complexity index is 1520. The molecule has 4 N–H and O–H groups in total. The lowest BCUT2D eigenvalue weighted by Crippen LogP contribution is -2.63. The Morgan fingerprint density at radius 1 is 0.922 bits per heavy atom. The molecule has 1 heterocycles. The number of esters is 1. The Morgan fingerprint density at radius 3 is 2.20 bits per heavy atom. The second-order valence-corrected chi connectivity index (χ2v) is 14.1. The van der Waals surface area contributed by atoms with Gasteiger partial charge in [-0.25, -0.2) is 14.4 Å². The molecular weight excluding hydrogens is 656 g/mol. The number of benzene rings is 2. The normalized spacial score (nSPS) is 16.6. The predicted molar refractivity (Wildman–Crippen MR) is 190 cm³/mol. The first-order valence-corrected chi connectivity index (χ1v) is 17.5. The van der Waals surface area contributed by atoms with Crippen molar-refractivity contribution in [2.45, 2.75) is 116 Å². The van der Waals surface area contributed by atoms with Gasteiger partial charge in [0.1, 0.15) is 29.3 Å². The van der Waals surface area contributed by atoms with Gasteiger partial charge in [-0.3, -0.25) is 14.4 Å². The molecule has 13 heteroatoms. The molecule has 0 bridgehead atoms. The highest BCUT2D eigenvalue weighted by molar-refractivity contribution is 5.97. The summed E-state index contributed by atoms with van der Waals surface area (Å²) >= 11 is 0. The van der Waals surface area contributed by atoms with E-state index >= 15 is 0 Å². The Balaban J connectivity index is 1.74. The number of aliphatic carboxylic acids is 1. The lowest BCUT2D eigenvalue weighted by Gasteiger charge is -2.34. The number of hydrogen-bond acceptors (Lipinski definition) is 8. The molecule has 278 valence electrons. The van der Waals surface area contributed by atoms with Crippen molar-refractivity contribution in [1.82, 2.24) is 20.9 Å². The van der Waals surface area contributed by atoms with Crippen LogP contribution in [0.5, 0.6) is 0 Å². The highest BCUT2D eigenvalue weighted by Gasteiger charge is 2.41. The Kier molecular flexibility index (Phi) is 14.6. The molecule has 0 aliphatic carbocycles. The van der Waals surface area contributed by atoms with Gasteiger partial charge >= 0.3 is 18.0 Å². The van der Waals surface area contributed by atoms with Crippen molar-refractivity contribution in [2.24, 2.45) is 0 Å². The van der Waals surface area contributed by atoms with Crippen LogP contribution >= 0.6 is 0 Å². The van der Waals surface area contributed by atoms with E-state index in [1.807, 2.05) is 31.2 Å². The Labute approximate surface area is 299 Å². The van der Waals surface area contributed by atoms with Crippen molar-refractivity contribution in [3.8, 4) is 0 Å². The van der Waals surface area contributed by atoms with E-state index in [2.05, 4.69) is 16.0 Å². The third-order valence-corrected chi connectivity index (χ3v) is 8.73. The SMILES string of the molecule is CC[C@](C)(NC(=O)[C@H](CCCCOC(=O)c1ccccc1)NC(=O)OC(C)(C)C)C(=O)N[C@@H](Cc1ccc(C)cc1)C(=O)N1CCC[C@@H]1C(=O)O. The maximum absolute atomic E-state index is 14.0. The number of carbonyl (C=O) groups excluding carboxylic acids is 5. The fourth-order valence-electron chi connectivity index (χ4n) is 5.62. The number of ether oxygens (including phenoxy) is 2. The lowest BCUT2D eigenvalue weighted by molar-refractivity contribution is -0.149. The molecule has 0 aromatic heterocycles. The predicted octanol–water partition coefficient (Wildman–Crippen LogP) is 4.30. The maximum Gasteiger partial charge on any atom is 0.408 e. The van der Waals surface area contributed by atoms with Gasteiger partial charge in [-0.15, -0.1) is 0 Å². The van der Waals surface area contributed by atoms with E-state index in [0.29, 0.717) is 31.2 Å². The van der Waals surface area contributed by atoms with Crippen LogP contribution in [0, 0.1) is 6.92 Å². The second kappa shape index (κ2) is 18.3. The fraction of sp³-hybridized carbons (Fsp3) is 0.526. The number of carboxylic acid groups (broad SMARTS) is 1. The van der Waals surface area contributed by atoms with Gasteiger partial charge in [0.05, 0.1) is 12.2 Å². The minimum atomic E-state index is -1.51. The van der Waals surface area contributed by atoms with Gasteiger partial charge in [-0.05, 0) is 90.8 Å². The zero-order valence-corrected chi connectivity index (χ0v) is 30.5. The standard InChI is InChI=1S/C38H52N4O9/c1-7-38(6,35(48)39-29(24-26-20-18-25(2)19-21-26)32(44)42-22-13-17-30(42)33(45)46)41-31(43)28(40-36(49)51-37(3,4)5)16-11-12-23-50-34(47)27-14-9-8-10-15-27/h8-10,14-15,18-21,28-30H,7,11-13,16-17,22-24H2,1-6H3,(H,39,48)(H,40,49)(H,41,43)(H,45,46)/t28-,29-,30+,38-/m0/s1. The average molecular weight is 709 g/mol.